The van der Waals surface area contributed by atoms with E-state index in [1.807, 2.05) is 18.3 Å². The Morgan fingerprint density at radius 1 is 1.27 bits per heavy atom. The summed E-state index contributed by atoms with van der Waals surface area (Å²) in [5.74, 6) is 0.514. The molecule has 8 heteroatoms. The van der Waals surface area contributed by atoms with Crippen LogP contribution in [0.15, 0.2) is 49.1 Å². The molecule has 1 fully saturated rings. The molecule has 3 aromatic rings. The van der Waals surface area contributed by atoms with Crippen molar-refractivity contribution >= 4 is 17.3 Å². The fourth-order valence-corrected chi connectivity index (χ4v) is 3.96. The van der Waals surface area contributed by atoms with E-state index >= 15 is 0 Å². The van der Waals surface area contributed by atoms with Crippen molar-refractivity contribution in [2.75, 3.05) is 13.7 Å². The minimum Gasteiger partial charge on any atom is -0.495 e. The van der Waals surface area contributed by atoms with Gasteiger partial charge in [-0.1, -0.05) is 13.8 Å². The van der Waals surface area contributed by atoms with E-state index in [1.54, 1.807) is 29.0 Å². The molecule has 0 aromatic carbocycles. The van der Waals surface area contributed by atoms with Crippen LogP contribution < -0.4 is 15.4 Å². The quantitative estimate of drug-likeness (QED) is 0.654. The van der Waals surface area contributed by atoms with Crippen LogP contribution in [0.4, 0.5) is 0 Å². The molecule has 0 bridgehead atoms. The summed E-state index contributed by atoms with van der Waals surface area (Å²) in [7, 11) is 1.54. The first-order chi connectivity index (χ1) is 14.4. The minimum atomic E-state index is -0.183. The number of methoxy groups -OCH3 is 1. The molecule has 0 aliphatic heterocycles. The fraction of sp³-hybridized carbons (Fsp3) is 0.364. The molecule has 30 heavy (non-hydrogen) atoms. The first-order valence-corrected chi connectivity index (χ1v) is 9.90. The van der Waals surface area contributed by atoms with E-state index in [0.717, 1.165) is 11.9 Å². The van der Waals surface area contributed by atoms with Crippen molar-refractivity contribution in [1.29, 1.82) is 0 Å². The van der Waals surface area contributed by atoms with Crippen molar-refractivity contribution in [1.82, 2.24) is 25.2 Å². The van der Waals surface area contributed by atoms with Crippen LogP contribution in [0.5, 0.6) is 5.75 Å². The summed E-state index contributed by atoms with van der Waals surface area (Å²) in [6.45, 7) is 4.77. The number of aromatic nitrogens is 3. The van der Waals surface area contributed by atoms with Crippen molar-refractivity contribution in [3.05, 3.63) is 60.2 Å². The Morgan fingerprint density at radius 3 is 2.87 bits per heavy atom. The van der Waals surface area contributed by atoms with Crippen LogP contribution in [0, 0.1) is 11.3 Å². The van der Waals surface area contributed by atoms with E-state index in [0.29, 0.717) is 23.4 Å². The summed E-state index contributed by atoms with van der Waals surface area (Å²) in [5, 5.41) is 10.3. The molecule has 3 heterocycles. The number of nitrogens with one attached hydrogen (secondary N) is 2. The van der Waals surface area contributed by atoms with Gasteiger partial charge in [0.15, 0.2) is 0 Å². The summed E-state index contributed by atoms with van der Waals surface area (Å²) < 4.78 is 6.80. The Labute approximate surface area is 174 Å². The maximum absolute atomic E-state index is 12.8. The number of pyridine rings is 2. The molecular weight excluding hydrogens is 382 g/mol. The van der Waals surface area contributed by atoms with Crippen molar-refractivity contribution in [3.8, 4) is 5.75 Å². The summed E-state index contributed by atoms with van der Waals surface area (Å²) in [6.07, 6.45) is 7.37. The topological polar surface area (TPSA) is 97.6 Å². The highest BCUT2D eigenvalue weighted by atomic mass is 16.5. The van der Waals surface area contributed by atoms with Crippen LogP contribution in [0.25, 0.3) is 5.52 Å². The third-order valence-electron chi connectivity index (χ3n) is 6.18. The van der Waals surface area contributed by atoms with E-state index < -0.39 is 0 Å². The zero-order valence-electron chi connectivity index (χ0n) is 17.3. The maximum atomic E-state index is 12.8. The molecule has 2 unspecified atom stereocenters. The van der Waals surface area contributed by atoms with Gasteiger partial charge in [0.2, 0.25) is 0 Å². The molecule has 2 atom stereocenters. The molecule has 156 valence electrons. The van der Waals surface area contributed by atoms with E-state index in [-0.39, 0.29) is 29.2 Å². The number of nitrogens with zero attached hydrogens (tertiary/aromatic N) is 3. The van der Waals surface area contributed by atoms with Crippen LogP contribution in [0.3, 0.4) is 0 Å². The van der Waals surface area contributed by atoms with E-state index in [1.165, 1.54) is 13.3 Å². The number of rotatable bonds is 6. The van der Waals surface area contributed by atoms with Gasteiger partial charge in [-0.3, -0.25) is 14.6 Å². The predicted octanol–water partition coefficient (Wildman–Crippen LogP) is 2.31. The second-order valence-corrected chi connectivity index (χ2v) is 8.19. The van der Waals surface area contributed by atoms with Gasteiger partial charge in [0.1, 0.15) is 5.75 Å². The molecule has 8 nitrogen and oxygen atoms in total. The highest BCUT2D eigenvalue weighted by Crippen LogP contribution is 2.46. The molecule has 1 saturated carbocycles. The van der Waals surface area contributed by atoms with Gasteiger partial charge in [-0.2, -0.15) is 5.10 Å². The lowest BCUT2D eigenvalue weighted by Gasteiger charge is -2.52. The lowest BCUT2D eigenvalue weighted by atomic mass is 9.58. The van der Waals surface area contributed by atoms with Crippen molar-refractivity contribution < 1.29 is 14.3 Å². The van der Waals surface area contributed by atoms with Crippen molar-refractivity contribution in [2.24, 2.45) is 11.3 Å². The highest BCUT2D eigenvalue weighted by molar-refractivity contribution is 6.00. The van der Waals surface area contributed by atoms with E-state index in [2.05, 4.69) is 34.6 Å². The summed E-state index contributed by atoms with van der Waals surface area (Å²) in [4.78, 5) is 29.3. The van der Waals surface area contributed by atoms with Gasteiger partial charge in [-0.25, -0.2) is 4.52 Å². The highest BCUT2D eigenvalue weighted by Gasteiger charge is 2.48. The molecule has 4 rings (SSSR count). The normalized spacial score (nSPS) is 19.7. The summed E-state index contributed by atoms with van der Waals surface area (Å²) in [5.41, 5.74) is 1.71. The van der Waals surface area contributed by atoms with Crippen LogP contribution in [-0.2, 0) is 0 Å². The number of carbonyl (C=O) groups is 2. The summed E-state index contributed by atoms with van der Waals surface area (Å²) >= 11 is 0. The van der Waals surface area contributed by atoms with E-state index in [4.69, 9.17) is 4.74 Å². The van der Waals surface area contributed by atoms with Crippen molar-refractivity contribution in [2.45, 2.75) is 26.3 Å². The molecular formula is C22H25N5O3. The summed E-state index contributed by atoms with van der Waals surface area (Å²) in [6, 6.07) is 7.14. The number of fused-ring (bicyclic) bond motifs is 1. The molecule has 0 spiro atoms. The second kappa shape index (κ2) is 7.78. The Kier molecular flexibility index (Phi) is 5.15. The van der Waals surface area contributed by atoms with Gasteiger partial charge in [0.25, 0.3) is 11.8 Å². The number of hydrogen-bond donors (Lipinski definition) is 2. The molecule has 2 N–H and O–H groups in total. The lowest BCUT2D eigenvalue weighted by Crippen LogP contribution is -2.60. The number of carbonyl (C=O) groups excluding carboxylic acids is 2. The van der Waals surface area contributed by atoms with Gasteiger partial charge in [0, 0.05) is 25.0 Å². The van der Waals surface area contributed by atoms with Gasteiger partial charge < -0.3 is 15.4 Å². The molecule has 3 aromatic heterocycles. The smallest absolute Gasteiger partial charge is 0.253 e. The lowest BCUT2D eigenvalue weighted by molar-refractivity contribution is 0.0150. The molecule has 1 aliphatic carbocycles. The van der Waals surface area contributed by atoms with Crippen LogP contribution in [0.2, 0.25) is 0 Å². The fourth-order valence-electron chi connectivity index (χ4n) is 3.96. The largest absolute Gasteiger partial charge is 0.495 e. The molecule has 1 aliphatic rings. The number of ether oxygens (including phenoxy) is 1. The zero-order valence-corrected chi connectivity index (χ0v) is 17.3. The Bertz CT molecular complexity index is 1090. The van der Waals surface area contributed by atoms with Gasteiger partial charge in [0.05, 0.1) is 36.1 Å². The van der Waals surface area contributed by atoms with E-state index in [9.17, 15) is 9.59 Å². The number of amides is 2. The zero-order chi connectivity index (χ0) is 21.3. The maximum Gasteiger partial charge on any atom is 0.253 e. The van der Waals surface area contributed by atoms with Gasteiger partial charge in [-0.15, -0.1) is 0 Å². The standard InChI is InChI=1S/C22H25N5O3/c1-22(2)15(12-24-20(28)14-9-16(30-3)13-23-11-14)10-19(22)26-21(29)17-5-4-8-27-18(17)6-7-25-27/h4-9,11,13,15,19H,10,12H2,1-3H3,(H,24,28)(H,26,29). The number of hydrogen-bond acceptors (Lipinski definition) is 5. The third kappa shape index (κ3) is 3.60. The van der Waals surface area contributed by atoms with Crippen molar-refractivity contribution in [3.63, 3.8) is 0 Å². The average Bonchev–Trinajstić information content (AvgIpc) is 3.24. The van der Waals surface area contributed by atoms with Crippen LogP contribution in [-0.4, -0.2) is 46.1 Å². The van der Waals surface area contributed by atoms with Gasteiger partial charge in [-0.05, 0) is 42.0 Å². The Balaban J connectivity index is 1.35. The minimum absolute atomic E-state index is 0.0357. The molecule has 0 radical (unpaired) electrons. The Hall–Kier alpha value is -3.42. The monoisotopic (exact) mass is 407 g/mol. The second-order valence-electron chi connectivity index (χ2n) is 8.19. The van der Waals surface area contributed by atoms with Crippen LogP contribution in [0.1, 0.15) is 41.0 Å². The first kappa shape index (κ1) is 19.9. The third-order valence-corrected chi connectivity index (χ3v) is 6.18. The Morgan fingerprint density at radius 2 is 2.10 bits per heavy atom. The molecule has 0 saturated heterocycles. The molecule has 2 amide bonds. The first-order valence-electron chi connectivity index (χ1n) is 9.90. The average molecular weight is 407 g/mol. The predicted molar refractivity (Wildman–Crippen MR) is 111 cm³/mol. The SMILES string of the molecule is COc1cncc(C(=O)NCC2CC(NC(=O)c3cccn4nccc34)C2(C)C)c1. The van der Waals surface area contributed by atoms with Crippen LogP contribution >= 0.6 is 0 Å². The van der Waals surface area contributed by atoms with Gasteiger partial charge >= 0.3 is 0 Å².